The second kappa shape index (κ2) is 7.93. The number of benzene rings is 1. The molecule has 0 unspecified atom stereocenters. The normalized spacial score (nSPS) is 14.9. The van der Waals surface area contributed by atoms with Crippen LogP contribution in [0.15, 0.2) is 36.5 Å². The first-order valence-corrected chi connectivity index (χ1v) is 10.1. The fourth-order valence-corrected chi connectivity index (χ4v) is 3.42. The number of aromatic nitrogens is 1. The van der Waals surface area contributed by atoms with Crippen molar-refractivity contribution >= 4 is 17.5 Å². The SMILES string of the molecule is Cc1ncc(N(C)CC2(CNC(=O)OC(C)(C)C)CC2)cc1-c1ccc(N)cc1. The van der Waals surface area contributed by atoms with Crippen molar-refractivity contribution in [2.45, 2.75) is 46.1 Å². The number of hydrogen-bond acceptors (Lipinski definition) is 5. The van der Waals surface area contributed by atoms with Crippen LogP contribution in [0.25, 0.3) is 11.1 Å². The number of nitrogens with zero attached hydrogens (tertiary/aromatic N) is 2. The Kier molecular flexibility index (Phi) is 5.73. The Labute approximate surface area is 173 Å². The third-order valence-electron chi connectivity index (χ3n) is 5.27. The molecular formula is C23H32N4O2. The number of nitrogen functional groups attached to an aromatic ring is 1. The molecule has 3 rings (SSSR count). The highest BCUT2D eigenvalue weighted by Gasteiger charge is 2.44. The summed E-state index contributed by atoms with van der Waals surface area (Å²) in [4.78, 5) is 18.8. The monoisotopic (exact) mass is 396 g/mol. The number of nitrogens with two attached hydrogens (primary N) is 1. The average molecular weight is 397 g/mol. The minimum Gasteiger partial charge on any atom is -0.444 e. The van der Waals surface area contributed by atoms with Gasteiger partial charge in [-0.05, 0) is 64.3 Å². The zero-order valence-electron chi connectivity index (χ0n) is 18.1. The number of carbonyl (C=O) groups is 1. The summed E-state index contributed by atoms with van der Waals surface area (Å²) in [5, 5.41) is 2.94. The first-order chi connectivity index (χ1) is 13.6. The average Bonchev–Trinajstić information content (AvgIpc) is 3.39. The van der Waals surface area contributed by atoms with Crippen LogP contribution in [-0.2, 0) is 4.74 Å². The zero-order valence-corrected chi connectivity index (χ0v) is 18.1. The lowest BCUT2D eigenvalue weighted by Crippen LogP contribution is -2.39. The van der Waals surface area contributed by atoms with Crippen molar-refractivity contribution < 1.29 is 9.53 Å². The lowest BCUT2D eigenvalue weighted by molar-refractivity contribution is 0.0517. The summed E-state index contributed by atoms with van der Waals surface area (Å²) in [5.41, 5.74) is 10.4. The second-order valence-electron chi connectivity index (χ2n) is 9.16. The molecule has 1 aromatic heterocycles. The maximum Gasteiger partial charge on any atom is 0.407 e. The van der Waals surface area contributed by atoms with E-state index in [2.05, 4.69) is 28.3 Å². The first kappa shape index (κ1) is 21.0. The fourth-order valence-electron chi connectivity index (χ4n) is 3.42. The van der Waals surface area contributed by atoms with Crippen LogP contribution in [0.5, 0.6) is 0 Å². The van der Waals surface area contributed by atoms with Gasteiger partial charge in [0.2, 0.25) is 0 Å². The van der Waals surface area contributed by atoms with Crippen LogP contribution in [0.4, 0.5) is 16.2 Å². The molecule has 1 aliphatic carbocycles. The largest absolute Gasteiger partial charge is 0.444 e. The summed E-state index contributed by atoms with van der Waals surface area (Å²) in [5.74, 6) is 0. The summed E-state index contributed by atoms with van der Waals surface area (Å²) in [7, 11) is 2.08. The Morgan fingerprint density at radius 2 is 1.93 bits per heavy atom. The van der Waals surface area contributed by atoms with E-state index >= 15 is 0 Å². The molecule has 3 N–H and O–H groups in total. The van der Waals surface area contributed by atoms with Gasteiger partial charge in [0.25, 0.3) is 0 Å². The van der Waals surface area contributed by atoms with Gasteiger partial charge in [0, 0.05) is 42.5 Å². The first-order valence-electron chi connectivity index (χ1n) is 10.1. The Hall–Kier alpha value is -2.76. The highest BCUT2D eigenvalue weighted by Crippen LogP contribution is 2.46. The van der Waals surface area contributed by atoms with E-state index in [4.69, 9.17) is 10.5 Å². The van der Waals surface area contributed by atoms with Gasteiger partial charge in [-0.2, -0.15) is 0 Å². The fraction of sp³-hybridized carbons (Fsp3) is 0.478. The summed E-state index contributed by atoms with van der Waals surface area (Å²) < 4.78 is 5.35. The minimum atomic E-state index is -0.482. The number of nitrogens with one attached hydrogen (secondary N) is 1. The van der Waals surface area contributed by atoms with Crippen LogP contribution in [0.3, 0.4) is 0 Å². The van der Waals surface area contributed by atoms with Gasteiger partial charge < -0.3 is 20.7 Å². The molecule has 0 spiro atoms. The number of ether oxygens (including phenoxy) is 1. The van der Waals surface area contributed by atoms with Gasteiger partial charge in [-0.15, -0.1) is 0 Å². The lowest BCUT2D eigenvalue weighted by Gasteiger charge is -2.27. The van der Waals surface area contributed by atoms with Crippen molar-refractivity contribution in [2.24, 2.45) is 5.41 Å². The molecule has 1 aromatic carbocycles. The van der Waals surface area contributed by atoms with E-state index in [-0.39, 0.29) is 11.5 Å². The molecule has 0 aliphatic heterocycles. The molecule has 0 saturated heterocycles. The molecule has 1 amide bonds. The van der Waals surface area contributed by atoms with Crippen LogP contribution >= 0.6 is 0 Å². The molecule has 1 heterocycles. The summed E-state index contributed by atoms with van der Waals surface area (Å²) in [6, 6.07) is 10.0. The molecule has 0 bridgehead atoms. The van der Waals surface area contributed by atoms with Gasteiger partial charge in [0.05, 0.1) is 11.9 Å². The Balaban J connectivity index is 1.66. The number of anilines is 2. The van der Waals surface area contributed by atoms with E-state index in [0.29, 0.717) is 6.54 Å². The van der Waals surface area contributed by atoms with Gasteiger partial charge in [-0.3, -0.25) is 4.98 Å². The molecular weight excluding hydrogens is 364 g/mol. The summed E-state index contributed by atoms with van der Waals surface area (Å²) >= 11 is 0. The maximum absolute atomic E-state index is 12.0. The Morgan fingerprint density at radius 1 is 1.28 bits per heavy atom. The highest BCUT2D eigenvalue weighted by atomic mass is 16.6. The van der Waals surface area contributed by atoms with Crippen LogP contribution < -0.4 is 16.0 Å². The topological polar surface area (TPSA) is 80.5 Å². The molecule has 0 radical (unpaired) electrons. The van der Waals surface area contributed by atoms with Crippen LogP contribution in [0.2, 0.25) is 0 Å². The molecule has 1 fully saturated rings. The smallest absolute Gasteiger partial charge is 0.407 e. The number of hydrogen-bond donors (Lipinski definition) is 2. The van der Waals surface area contributed by atoms with Gasteiger partial charge in [0.1, 0.15) is 5.60 Å². The van der Waals surface area contributed by atoms with Crippen molar-refractivity contribution in [3.63, 3.8) is 0 Å². The van der Waals surface area contributed by atoms with Gasteiger partial charge in [-0.1, -0.05) is 12.1 Å². The maximum atomic E-state index is 12.0. The molecule has 6 nitrogen and oxygen atoms in total. The number of pyridine rings is 1. The third-order valence-corrected chi connectivity index (χ3v) is 5.27. The van der Waals surface area contributed by atoms with Crippen LogP contribution in [0.1, 0.15) is 39.3 Å². The number of amides is 1. The van der Waals surface area contributed by atoms with Gasteiger partial charge in [-0.25, -0.2) is 4.79 Å². The van der Waals surface area contributed by atoms with E-state index < -0.39 is 5.60 Å². The van der Waals surface area contributed by atoms with E-state index in [9.17, 15) is 4.79 Å². The second-order valence-corrected chi connectivity index (χ2v) is 9.16. The molecule has 1 aliphatic rings. The van der Waals surface area contributed by atoms with Crippen LogP contribution in [-0.4, -0.2) is 36.8 Å². The number of rotatable bonds is 6. The molecule has 156 valence electrons. The minimum absolute atomic E-state index is 0.0951. The number of alkyl carbamates (subject to hydrolysis) is 1. The van der Waals surface area contributed by atoms with E-state index in [1.807, 2.05) is 58.2 Å². The molecule has 1 saturated carbocycles. The zero-order chi connectivity index (χ0) is 21.2. The summed E-state index contributed by atoms with van der Waals surface area (Å²) in [6.07, 6.45) is 3.75. The van der Waals surface area contributed by atoms with Crippen molar-refractivity contribution in [2.75, 3.05) is 30.8 Å². The van der Waals surface area contributed by atoms with E-state index in [1.54, 1.807) is 0 Å². The van der Waals surface area contributed by atoms with Crippen molar-refractivity contribution in [1.29, 1.82) is 0 Å². The predicted octanol–water partition coefficient (Wildman–Crippen LogP) is 4.38. The highest BCUT2D eigenvalue weighted by molar-refractivity contribution is 5.71. The standard InChI is InChI=1S/C23H32N4O2/c1-16-20(17-6-8-18(24)9-7-17)12-19(13-25-16)27(5)15-23(10-11-23)14-26-21(28)29-22(2,3)4/h6-9,12-13H,10-11,14-15,24H2,1-5H3,(H,26,28). The van der Waals surface area contributed by atoms with Crippen molar-refractivity contribution in [3.8, 4) is 11.1 Å². The van der Waals surface area contributed by atoms with Crippen LogP contribution in [0, 0.1) is 12.3 Å². The number of aryl methyl sites for hydroxylation is 1. The molecule has 0 atom stereocenters. The summed E-state index contributed by atoms with van der Waals surface area (Å²) in [6.45, 7) is 9.11. The van der Waals surface area contributed by atoms with Gasteiger partial charge in [0.15, 0.2) is 0 Å². The van der Waals surface area contributed by atoms with E-state index in [0.717, 1.165) is 47.6 Å². The van der Waals surface area contributed by atoms with Gasteiger partial charge >= 0.3 is 6.09 Å². The Bertz CT molecular complexity index is 867. The molecule has 2 aromatic rings. The third kappa shape index (κ3) is 5.62. The van der Waals surface area contributed by atoms with E-state index in [1.165, 1.54) is 0 Å². The van der Waals surface area contributed by atoms with Crippen molar-refractivity contribution in [3.05, 3.63) is 42.2 Å². The number of carbonyl (C=O) groups excluding carboxylic acids is 1. The Morgan fingerprint density at radius 3 is 2.52 bits per heavy atom. The molecule has 29 heavy (non-hydrogen) atoms. The molecule has 6 heteroatoms. The lowest BCUT2D eigenvalue weighted by atomic mass is 10.0. The predicted molar refractivity (Wildman–Crippen MR) is 118 cm³/mol. The quantitative estimate of drug-likeness (QED) is 0.708. The van der Waals surface area contributed by atoms with Crippen molar-refractivity contribution in [1.82, 2.24) is 10.3 Å².